The van der Waals surface area contributed by atoms with Crippen molar-refractivity contribution in [3.8, 4) is 5.75 Å². The fourth-order valence-corrected chi connectivity index (χ4v) is 3.12. The van der Waals surface area contributed by atoms with Gasteiger partial charge in [-0.2, -0.15) is 19.7 Å². The molecule has 0 amide bonds. The zero-order valence-corrected chi connectivity index (χ0v) is 16.7. The van der Waals surface area contributed by atoms with Crippen molar-refractivity contribution in [3.63, 3.8) is 0 Å². The molecule has 3 N–H and O–H groups in total. The Labute approximate surface area is 187 Å². The van der Waals surface area contributed by atoms with Crippen LogP contribution < -0.4 is 48.7 Å². The average molecular weight is 415 g/mol. The molecule has 0 aliphatic heterocycles. The largest absolute Gasteiger partial charge is 1.00 e. The molecule has 2 aromatic rings. The van der Waals surface area contributed by atoms with Gasteiger partial charge in [-0.25, -0.2) is 8.42 Å². The van der Waals surface area contributed by atoms with Crippen molar-refractivity contribution < 1.29 is 70.4 Å². The van der Waals surface area contributed by atoms with E-state index in [0.29, 0.717) is 12.0 Å². The van der Waals surface area contributed by atoms with Crippen LogP contribution in [0, 0.1) is 0 Å². The molecule has 0 aliphatic rings. The molecule has 0 unspecified atom stereocenters. The van der Waals surface area contributed by atoms with Gasteiger partial charge in [0.1, 0.15) is 15.8 Å². The molecule has 0 bridgehead atoms. The Bertz CT molecular complexity index is 988. The van der Waals surface area contributed by atoms with Gasteiger partial charge in [0.2, 0.25) is 0 Å². The molecule has 0 spiro atoms. The standard InChI is InChI=1S/C12H13N5O7S2.2Li/c1-14-15-5-16-17-11-9(25-24-23-19)2-6-3-10(26(20,21)22)8(13)4-7(6)12(11)18;;/h2-4,18-19H,5,13H2,1H3,(H,20,21,22);;/q;2*+1/p-2. The van der Waals surface area contributed by atoms with Crippen LogP contribution >= 0.6 is 12.0 Å². The summed E-state index contributed by atoms with van der Waals surface area (Å²) >= 11 is 0.396. The van der Waals surface area contributed by atoms with E-state index >= 15 is 0 Å². The van der Waals surface area contributed by atoms with Gasteiger partial charge in [0.05, 0.1) is 21.8 Å². The van der Waals surface area contributed by atoms with Crippen molar-refractivity contribution in [1.29, 1.82) is 0 Å². The van der Waals surface area contributed by atoms with Crippen molar-refractivity contribution in [1.82, 2.24) is 0 Å². The van der Waals surface area contributed by atoms with Crippen LogP contribution in [0.2, 0.25) is 0 Å². The van der Waals surface area contributed by atoms with Crippen LogP contribution in [0.25, 0.3) is 10.8 Å². The number of anilines is 1. The molecule has 0 fully saturated rings. The van der Waals surface area contributed by atoms with Crippen LogP contribution in [0.15, 0.2) is 48.4 Å². The van der Waals surface area contributed by atoms with E-state index in [-0.39, 0.29) is 71.4 Å². The molecule has 0 atom stereocenters. The summed E-state index contributed by atoms with van der Waals surface area (Å²) in [7, 11) is -3.39. The number of nitrogens with zero attached hydrogens (tertiary/aromatic N) is 4. The molecule has 2 aromatic carbocycles. The minimum absolute atomic E-state index is 0. The van der Waals surface area contributed by atoms with Crippen LogP contribution in [0.3, 0.4) is 0 Å². The van der Waals surface area contributed by atoms with Gasteiger partial charge in [-0.15, -0.1) is 5.11 Å². The van der Waals surface area contributed by atoms with Crippen molar-refractivity contribution >= 4 is 44.3 Å². The molecule has 0 saturated heterocycles. The van der Waals surface area contributed by atoms with Crippen molar-refractivity contribution in [2.24, 2.45) is 20.5 Å². The number of aromatic hydroxyl groups is 1. The number of nitrogen functional groups attached to an aromatic ring is 1. The summed E-state index contributed by atoms with van der Waals surface area (Å²) in [5, 5.41) is 38.5. The maximum Gasteiger partial charge on any atom is 1.00 e. The summed E-state index contributed by atoms with van der Waals surface area (Å²) in [4.78, 5) is -0.596. The third kappa shape index (κ3) is 6.43. The summed E-state index contributed by atoms with van der Waals surface area (Å²) in [5.74, 6) is -0.432. The number of rotatable bonds is 7. The van der Waals surface area contributed by atoms with Crippen LogP contribution in [0.1, 0.15) is 0 Å². The number of azo groups is 2. The van der Waals surface area contributed by atoms with Crippen molar-refractivity contribution in [3.05, 3.63) is 18.2 Å². The second-order valence-electron chi connectivity index (χ2n) is 4.58. The Morgan fingerprint density at radius 2 is 1.93 bits per heavy atom. The number of nitrogens with two attached hydrogens (primary N) is 1. The summed E-state index contributed by atoms with van der Waals surface area (Å²) < 4.78 is 38.0. The van der Waals surface area contributed by atoms with E-state index in [1.807, 2.05) is 0 Å². The molecule has 0 saturated carbocycles. The third-order valence-electron chi connectivity index (χ3n) is 3.04. The second-order valence-corrected chi connectivity index (χ2v) is 6.67. The topological polar surface area (TPSA) is 194 Å². The number of hydrogen-bond donors (Lipinski definition) is 2. The molecule has 0 radical (unpaired) electrons. The Morgan fingerprint density at radius 1 is 1.25 bits per heavy atom. The summed E-state index contributed by atoms with van der Waals surface area (Å²) in [6, 6.07) is 3.41. The van der Waals surface area contributed by atoms with E-state index in [1.165, 1.54) is 13.1 Å². The van der Waals surface area contributed by atoms with Crippen LogP contribution in [-0.4, -0.2) is 31.8 Å². The summed E-state index contributed by atoms with van der Waals surface area (Å²) in [6.45, 7) is -0.119. The minimum atomic E-state index is -4.83. The van der Waals surface area contributed by atoms with Gasteiger partial charge in [0.25, 0.3) is 0 Å². The Morgan fingerprint density at radius 3 is 2.50 bits per heavy atom. The molecule has 0 heterocycles. The number of fused-ring (bicyclic) bond motifs is 1. The van der Waals surface area contributed by atoms with E-state index < -0.39 is 20.8 Å². The monoisotopic (exact) mass is 415 g/mol. The van der Waals surface area contributed by atoms with Crippen LogP contribution in [0.5, 0.6) is 5.75 Å². The minimum Gasteiger partial charge on any atom is -0.744 e. The van der Waals surface area contributed by atoms with E-state index in [2.05, 4.69) is 29.8 Å². The molecule has 12 nitrogen and oxygen atoms in total. The van der Waals surface area contributed by atoms with Crippen LogP contribution in [-0.2, 0) is 19.5 Å². The second kappa shape index (κ2) is 11.7. The molecule has 0 aromatic heterocycles. The first-order valence-electron chi connectivity index (χ1n) is 6.61. The van der Waals surface area contributed by atoms with Crippen molar-refractivity contribution in [2.75, 3.05) is 19.5 Å². The quantitative estimate of drug-likeness (QED) is 0.0850. The first-order chi connectivity index (χ1) is 12.3. The van der Waals surface area contributed by atoms with Gasteiger partial charge >= 0.3 is 37.7 Å². The first-order valence-corrected chi connectivity index (χ1v) is 8.76. The van der Waals surface area contributed by atoms with Crippen molar-refractivity contribution in [2.45, 2.75) is 9.79 Å². The number of hydrogen-bond acceptors (Lipinski definition) is 13. The molecule has 2 rings (SSSR count). The fraction of sp³-hybridized carbons (Fsp3) is 0.167. The Balaban J connectivity index is 0.00000364. The normalized spacial score (nSPS) is 11.7. The smallest absolute Gasteiger partial charge is 0.744 e. The fourth-order valence-electron chi connectivity index (χ4n) is 2.01. The molecule has 16 heteroatoms. The molecule has 28 heavy (non-hydrogen) atoms. The van der Waals surface area contributed by atoms with Gasteiger partial charge in [-0.3, -0.25) is 5.04 Å². The predicted octanol–water partition coefficient (Wildman–Crippen LogP) is -4.61. The summed E-state index contributed by atoms with van der Waals surface area (Å²) in [6.07, 6.45) is 0. The molecule has 0 aliphatic carbocycles. The van der Waals surface area contributed by atoms with Gasteiger partial charge < -0.3 is 20.7 Å². The molecular formula is C12H11Li2N5O7S2. The van der Waals surface area contributed by atoms with E-state index in [4.69, 9.17) is 5.73 Å². The number of phenolic OH excluding ortho intramolecular Hbond substituents is 1. The first kappa shape index (κ1) is 26.8. The van der Waals surface area contributed by atoms with Gasteiger partial charge in [-0.05, 0) is 23.6 Å². The predicted molar refractivity (Wildman–Crippen MR) is 86.2 cm³/mol. The Kier molecular flexibility index (Phi) is 11.3. The SMILES string of the molecule is CN=NCN=Nc1c(SOO[O-])cc2cc(S(=O)(=O)[O-])c(N)cc2c1O.[Li+].[Li+]. The van der Waals surface area contributed by atoms with E-state index in [0.717, 1.165) is 12.1 Å². The third-order valence-corrected chi connectivity index (χ3v) is 4.55. The maximum atomic E-state index is 11.3. The summed E-state index contributed by atoms with van der Waals surface area (Å²) in [5.41, 5.74) is 5.14. The molecular weight excluding hydrogens is 404 g/mol. The van der Waals surface area contributed by atoms with E-state index in [9.17, 15) is 23.3 Å². The van der Waals surface area contributed by atoms with Gasteiger partial charge in [0, 0.05) is 18.1 Å². The number of benzene rings is 2. The zero-order chi connectivity index (χ0) is 19.3. The van der Waals surface area contributed by atoms with Gasteiger partial charge in [-0.1, -0.05) is 0 Å². The molecule has 140 valence electrons. The zero-order valence-electron chi connectivity index (χ0n) is 15.0. The Hall–Kier alpha value is -1.17. The maximum absolute atomic E-state index is 11.3. The number of phenols is 1. The van der Waals surface area contributed by atoms with Gasteiger partial charge in [0.15, 0.2) is 12.4 Å². The average Bonchev–Trinajstić information content (AvgIpc) is 2.58. The van der Waals surface area contributed by atoms with E-state index in [1.54, 1.807) is 0 Å². The van der Waals surface area contributed by atoms with Crippen LogP contribution in [0.4, 0.5) is 11.4 Å².